The molecule has 1 aliphatic rings. The molecule has 0 unspecified atom stereocenters. The maximum atomic E-state index is 9.52. The maximum Gasteiger partial charge on any atom is 0.164 e. The van der Waals surface area contributed by atoms with Crippen molar-refractivity contribution in [1.82, 2.24) is 9.55 Å². The number of nitrogens with zero attached hydrogens (tertiary/aromatic N) is 4. The van der Waals surface area contributed by atoms with E-state index in [0.717, 1.165) is 16.7 Å². The van der Waals surface area contributed by atoms with Crippen molar-refractivity contribution >= 4 is 0 Å². The third-order valence-corrected chi connectivity index (χ3v) is 6.68. The van der Waals surface area contributed by atoms with Crippen LogP contribution in [-0.2, 0) is 45.2 Å². The summed E-state index contributed by atoms with van der Waals surface area (Å²) >= 11 is 0. The van der Waals surface area contributed by atoms with E-state index in [1.54, 1.807) is 10.8 Å². The Kier molecular flexibility index (Phi) is 9.31. The quantitative estimate of drug-likeness (QED) is 0.249. The van der Waals surface area contributed by atoms with Gasteiger partial charge in [-0.15, -0.1) is 0 Å². The first-order valence-corrected chi connectivity index (χ1v) is 13.2. The predicted octanol–water partition coefficient (Wildman–Crippen LogP) is 5.11. The lowest BCUT2D eigenvalue weighted by molar-refractivity contribution is -0.0918. The highest BCUT2D eigenvalue weighted by Gasteiger charge is 2.48. The van der Waals surface area contributed by atoms with E-state index in [4.69, 9.17) is 18.9 Å². The molecule has 4 atom stereocenters. The molecule has 0 amide bonds. The Balaban J connectivity index is 1.43. The van der Waals surface area contributed by atoms with Crippen LogP contribution in [0.2, 0.25) is 0 Å². The Morgan fingerprint density at radius 3 is 1.85 bits per heavy atom. The van der Waals surface area contributed by atoms with Crippen molar-refractivity contribution in [3.8, 4) is 12.1 Å². The van der Waals surface area contributed by atoms with Crippen molar-refractivity contribution in [2.45, 2.75) is 50.8 Å². The number of aromatic nitrogens is 2. The molecule has 5 rings (SSSR count). The average Bonchev–Trinajstić information content (AvgIpc) is 3.57. The number of rotatable bonds is 12. The molecule has 0 bridgehead atoms. The summed E-state index contributed by atoms with van der Waals surface area (Å²) in [4.78, 5) is 4.33. The topological polar surface area (TPSA) is 102 Å². The largest absolute Gasteiger partial charge is 0.374 e. The zero-order valence-corrected chi connectivity index (χ0v) is 22.0. The fourth-order valence-corrected chi connectivity index (χ4v) is 4.75. The molecular formula is C32H30N4O4. The molecule has 0 radical (unpaired) electrons. The molecule has 1 aromatic heterocycles. The molecule has 3 aromatic carbocycles. The first-order valence-electron chi connectivity index (χ1n) is 13.2. The Bertz CT molecular complexity index is 1430. The Morgan fingerprint density at radius 2 is 1.30 bits per heavy atom. The van der Waals surface area contributed by atoms with Crippen LogP contribution in [0.3, 0.4) is 0 Å². The van der Waals surface area contributed by atoms with Crippen LogP contribution >= 0.6 is 0 Å². The van der Waals surface area contributed by atoms with Gasteiger partial charge in [-0.2, -0.15) is 10.5 Å². The molecule has 4 aromatic rings. The lowest BCUT2D eigenvalue weighted by atomic mass is 10.1. The van der Waals surface area contributed by atoms with E-state index in [1.165, 1.54) is 0 Å². The van der Waals surface area contributed by atoms with Gasteiger partial charge in [-0.1, -0.05) is 91.0 Å². The lowest BCUT2D eigenvalue weighted by Gasteiger charge is -2.26. The van der Waals surface area contributed by atoms with Gasteiger partial charge >= 0.3 is 0 Å². The van der Waals surface area contributed by atoms with Gasteiger partial charge in [-0.25, -0.2) is 4.98 Å². The van der Waals surface area contributed by atoms with Crippen LogP contribution in [0.1, 0.15) is 34.4 Å². The Morgan fingerprint density at radius 1 is 0.750 bits per heavy atom. The fourth-order valence-electron chi connectivity index (χ4n) is 4.75. The molecule has 40 heavy (non-hydrogen) atoms. The summed E-state index contributed by atoms with van der Waals surface area (Å²) in [6, 6.07) is 33.9. The highest BCUT2D eigenvalue weighted by Crippen LogP contribution is 2.36. The van der Waals surface area contributed by atoms with Crippen LogP contribution in [0.25, 0.3) is 0 Å². The minimum Gasteiger partial charge on any atom is -0.374 e. The third kappa shape index (κ3) is 6.81. The van der Waals surface area contributed by atoms with Gasteiger partial charge in [0.2, 0.25) is 0 Å². The minimum atomic E-state index is -0.673. The molecule has 1 fully saturated rings. The molecule has 0 spiro atoms. The van der Waals surface area contributed by atoms with Gasteiger partial charge in [0.15, 0.2) is 11.9 Å². The monoisotopic (exact) mass is 534 g/mol. The summed E-state index contributed by atoms with van der Waals surface area (Å²) in [6.45, 7) is 1.39. The molecule has 1 aliphatic heterocycles. The first-order chi connectivity index (χ1) is 19.7. The van der Waals surface area contributed by atoms with Crippen LogP contribution in [0.4, 0.5) is 0 Å². The van der Waals surface area contributed by atoms with Gasteiger partial charge in [-0.05, 0) is 16.7 Å². The van der Waals surface area contributed by atoms with Gasteiger partial charge in [0, 0.05) is 6.20 Å². The average molecular weight is 535 g/mol. The van der Waals surface area contributed by atoms with Crippen molar-refractivity contribution in [2.24, 2.45) is 0 Å². The minimum absolute atomic E-state index is 0.0255. The van der Waals surface area contributed by atoms with E-state index < -0.39 is 24.5 Å². The summed E-state index contributed by atoms with van der Waals surface area (Å²) in [6.07, 6.45) is -0.566. The van der Waals surface area contributed by atoms with E-state index in [0.29, 0.717) is 25.6 Å². The number of benzene rings is 3. The second kappa shape index (κ2) is 13.7. The highest BCUT2D eigenvalue weighted by atomic mass is 16.6. The van der Waals surface area contributed by atoms with E-state index >= 15 is 0 Å². The van der Waals surface area contributed by atoms with Gasteiger partial charge in [-0.3, -0.25) is 0 Å². The second-order valence-corrected chi connectivity index (χ2v) is 9.48. The van der Waals surface area contributed by atoms with Crippen LogP contribution in [0, 0.1) is 22.7 Å². The normalized spacial score (nSPS) is 20.1. The summed E-state index contributed by atoms with van der Waals surface area (Å²) in [5.74, 6) is 0.435. The zero-order chi connectivity index (χ0) is 27.6. The van der Waals surface area contributed by atoms with Gasteiger partial charge in [0.05, 0.1) is 38.9 Å². The van der Waals surface area contributed by atoms with Crippen molar-refractivity contribution < 1.29 is 18.9 Å². The van der Waals surface area contributed by atoms with Crippen LogP contribution in [0.5, 0.6) is 0 Å². The second-order valence-electron chi connectivity index (χ2n) is 9.48. The summed E-state index contributed by atoms with van der Waals surface area (Å²) in [7, 11) is 0. The molecule has 8 heteroatoms. The molecule has 0 saturated carbocycles. The van der Waals surface area contributed by atoms with Crippen LogP contribution < -0.4 is 0 Å². The van der Waals surface area contributed by atoms with E-state index in [-0.39, 0.29) is 18.7 Å². The van der Waals surface area contributed by atoms with Crippen LogP contribution in [-0.4, -0.2) is 34.5 Å². The number of hydrogen-bond donors (Lipinski definition) is 0. The lowest BCUT2D eigenvalue weighted by Crippen LogP contribution is -2.38. The summed E-state index contributed by atoms with van der Waals surface area (Å²) < 4.78 is 27.4. The predicted molar refractivity (Wildman–Crippen MR) is 146 cm³/mol. The van der Waals surface area contributed by atoms with Gasteiger partial charge in [0.25, 0.3) is 0 Å². The molecular weight excluding hydrogens is 504 g/mol. The van der Waals surface area contributed by atoms with E-state index in [2.05, 4.69) is 17.1 Å². The smallest absolute Gasteiger partial charge is 0.164 e. The highest BCUT2D eigenvalue weighted by molar-refractivity contribution is 5.22. The maximum absolute atomic E-state index is 9.52. The number of imidazole rings is 1. The molecule has 2 heterocycles. The fraction of sp³-hybridized carbons (Fsp3) is 0.281. The molecule has 0 N–H and O–H groups in total. The number of hydrogen-bond acceptors (Lipinski definition) is 7. The molecule has 1 saturated heterocycles. The van der Waals surface area contributed by atoms with Crippen molar-refractivity contribution in [3.05, 3.63) is 125 Å². The van der Waals surface area contributed by atoms with Crippen molar-refractivity contribution in [2.75, 3.05) is 6.61 Å². The molecule has 8 nitrogen and oxygen atoms in total. The van der Waals surface area contributed by atoms with Gasteiger partial charge in [0.1, 0.15) is 30.2 Å². The van der Waals surface area contributed by atoms with E-state index in [1.807, 2.05) is 91.0 Å². The number of nitriles is 2. The third-order valence-electron chi connectivity index (χ3n) is 6.68. The van der Waals surface area contributed by atoms with E-state index in [9.17, 15) is 10.5 Å². The SMILES string of the molecule is N#CCc1nc(C#N)cn1[C@@H]1O[C@H](COCc2ccccc2)[C@@H](OCc2ccccc2)[C@@H]1OCc1ccccc1. The Labute approximate surface area is 233 Å². The first kappa shape index (κ1) is 27.3. The Hall–Kier alpha value is -4.31. The molecule has 202 valence electrons. The van der Waals surface area contributed by atoms with Crippen LogP contribution in [0.15, 0.2) is 97.2 Å². The summed E-state index contributed by atoms with van der Waals surface area (Å²) in [5.41, 5.74) is 3.30. The molecule has 0 aliphatic carbocycles. The van der Waals surface area contributed by atoms with Crippen molar-refractivity contribution in [1.29, 1.82) is 10.5 Å². The van der Waals surface area contributed by atoms with Gasteiger partial charge < -0.3 is 23.5 Å². The summed E-state index contributed by atoms with van der Waals surface area (Å²) in [5, 5.41) is 18.9. The van der Waals surface area contributed by atoms with Crippen molar-refractivity contribution in [3.63, 3.8) is 0 Å². The zero-order valence-electron chi connectivity index (χ0n) is 22.0. The number of ether oxygens (including phenoxy) is 4. The standard InChI is InChI=1S/C32H30N4O4/c33-17-16-29-35-27(18-34)19-36(29)32-31(39-22-26-14-8-3-9-15-26)30(38-21-25-12-6-2-7-13-25)28(40-32)23-37-20-24-10-4-1-5-11-24/h1-15,19,28,30-32H,16,20-23H2/t28-,30-,31+,32-/m1/s1.